The van der Waals surface area contributed by atoms with E-state index < -0.39 is 0 Å². The normalized spacial score (nSPS) is 10.1. The summed E-state index contributed by atoms with van der Waals surface area (Å²) in [5.74, 6) is 2.64. The van der Waals surface area contributed by atoms with Crippen LogP contribution in [0.2, 0.25) is 0 Å². The summed E-state index contributed by atoms with van der Waals surface area (Å²) in [6.45, 7) is 2.24. The van der Waals surface area contributed by atoms with E-state index in [-0.39, 0.29) is 0 Å². The van der Waals surface area contributed by atoms with E-state index in [1.165, 1.54) is 42.4 Å². The van der Waals surface area contributed by atoms with Crippen LogP contribution in [0.4, 0.5) is 0 Å². The third-order valence-corrected chi connectivity index (χ3v) is 3.41. The van der Waals surface area contributed by atoms with Gasteiger partial charge in [0.15, 0.2) is 0 Å². The zero-order valence-corrected chi connectivity index (χ0v) is 11.5. The number of benzene rings is 2. The number of unbranched alkanes of at least 4 members (excludes halogenated alkanes) is 2. The zero-order valence-electron chi connectivity index (χ0n) is 11.5. The fourth-order valence-corrected chi connectivity index (χ4v) is 2.20. The second kappa shape index (κ2) is 6.81. The van der Waals surface area contributed by atoms with Gasteiger partial charge in [-0.15, -0.1) is 6.42 Å². The molecule has 2 aromatic rings. The van der Waals surface area contributed by atoms with Crippen molar-refractivity contribution in [1.29, 1.82) is 0 Å². The van der Waals surface area contributed by atoms with Gasteiger partial charge in [-0.05, 0) is 41.7 Å². The van der Waals surface area contributed by atoms with Crippen molar-refractivity contribution in [2.75, 3.05) is 0 Å². The van der Waals surface area contributed by atoms with Crippen molar-refractivity contribution in [3.63, 3.8) is 0 Å². The molecule has 0 radical (unpaired) electrons. The highest BCUT2D eigenvalue weighted by molar-refractivity contribution is 5.64. The third kappa shape index (κ3) is 3.73. The molecule has 0 atom stereocenters. The van der Waals surface area contributed by atoms with Gasteiger partial charge in [-0.25, -0.2) is 0 Å². The SMILES string of the molecule is C#Cc1ccc(-c2ccc(CCCCC)cc2)cc1. The standard InChI is InChI=1S/C19H20/c1-3-5-6-7-17-10-14-19(15-11-17)18-12-8-16(4-2)9-13-18/h2,8-15H,3,5-7H2,1H3. The molecule has 0 aromatic heterocycles. The van der Waals surface area contributed by atoms with E-state index in [2.05, 4.69) is 49.2 Å². The van der Waals surface area contributed by atoms with Crippen molar-refractivity contribution < 1.29 is 0 Å². The van der Waals surface area contributed by atoms with Crippen molar-refractivity contribution in [1.82, 2.24) is 0 Å². The predicted octanol–water partition coefficient (Wildman–Crippen LogP) is 5.07. The third-order valence-electron chi connectivity index (χ3n) is 3.41. The van der Waals surface area contributed by atoms with Crippen LogP contribution in [0.5, 0.6) is 0 Å². The summed E-state index contributed by atoms with van der Waals surface area (Å²) in [5.41, 5.74) is 4.83. The second-order valence-corrected chi connectivity index (χ2v) is 4.88. The summed E-state index contributed by atoms with van der Waals surface area (Å²) in [4.78, 5) is 0. The maximum atomic E-state index is 5.37. The molecule has 96 valence electrons. The minimum absolute atomic E-state index is 0.930. The molecule has 0 spiro atoms. The molecular weight excluding hydrogens is 228 g/mol. The minimum Gasteiger partial charge on any atom is -0.115 e. The molecule has 2 aromatic carbocycles. The Balaban J connectivity index is 2.07. The summed E-state index contributed by atoms with van der Waals surface area (Å²) in [6.07, 6.45) is 10.4. The van der Waals surface area contributed by atoms with Crippen LogP contribution in [0.25, 0.3) is 11.1 Å². The van der Waals surface area contributed by atoms with Crippen molar-refractivity contribution in [2.45, 2.75) is 32.6 Å². The second-order valence-electron chi connectivity index (χ2n) is 4.88. The number of hydrogen-bond donors (Lipinski definition) is 0. The fourth-order valence-electron chi connectivity index (χ4n) is 2.20. The maximum Gasteiger partial charge on any atom is 0.0243 e. The average Bonchev–Trinajstić information content (AvgIpc) is 2.48. The van der Waals surface area contributed by atoms with Gasteiger partial charge in [-0.2, -0.15) is 0 Å². The van der Waals surface area contributed by atoms with E-state index in [0.717, 1.165) is 5.56 Å². The van der Waals surface area contributed by atoms with E-state index in [4.69, 9.17) is 6.42 Å². The van der Waals surface area contributed by atoms with E-state index in [9.17, 15) is 0 Å². The first-order chi connectivity index (χ1) is 9.33. The molecule has 0 nitrogen and oxygen atoms in total. The highest BCUT2D eigenvalue weighted by Crippen LogP contribution is 2.20. The Morgan fingerprint density at radius 3 is 1.95 bits per heavy atom. The van der Waals surface area contributed by atoms with Crippen molar-refractivity contribution in [2.24, 2.45) is 0 Å². The van der Waals surface area contributed by atoms with Crippen LogP contribution in [-0.4, -0.2) is 0 Å². The van der Waals surface area contributed by atoms with Gasteiger partial charge in [0.05, 0.1) is 0 Å². The average molecular weight is 248 g/mol. The lowest BCUT2D eigenvalue weighted by atomic mass is 10.0. The van der Waals surface area contributed by atoms with Crippen LogP contribution >= 0.6 is 0 Å². The number of terminal acetylenes is 1. The molecule has 0 unspecified atom stereocenters. The van der Waals surface area contributed by atoms with Gasteiger partial charge in [-0.1, -0.05) is 62.1 Å². The van der Waals surface area contributed by atoms with E-state index >= 15 is 0 Å². The first-order valence-electron chi connectivity index (χ1n) is 6.99. The smallest absolute Gasteiger partial charge is 0.0243 e. The van der Waals surface area contributed by atoms with Crippen LogP contribution in [0, 0.1) is 12.3 Å². The summed E-state index contributed by atoms with van der Waals surface area (Å²) in [6, 6.07) is 17.0. The molecule has 0 aliphatic heterocycles. The summed E-state index contributed by atoms with van der Waals surface area (Å²) in [5, 5.41) is 0. The first-order valence-corrected chi connectivity index (χ1v) is 6.99. The quantitative estimate of drug-likeness (QED) is 0.512. The Morgan fingerprint density at radius 1 is 0.842 bits per heavy atom. The van der Waals surface area contributed by atoms with Gasteiger partial charge < -0.3 is 0 Å². The number of aryl methyl sites for hydroxylation is 1. The summed E-state index contributed by atoms with van der Waals surface area (Å²) < 4.78 is 0. The largest absolute Gasteiger partial charge is 0.115 e. The Bertz CT molecular complexity index is 538. The monoisotopic (exact) mass is 248 g/mol. The van der Waals surface area contributed by atoms with Gasteiger partial charge in [-0.3, -0.25) is 0 Å². The van der Waals surface area contributed by atoms with Gasteiger partial charge in [0.25, 0.3) is 0 Å². The molecule has 0 bridgehead atoms. The van der Waals surface area contributed by atoms with Gasteiger partial charge in [0.1, 0.15) is 0 Å². The van der Waals surface area contributed by atoms with Gasteiger partial charge >= 0.3 is 0 Å². The Labute approximate surface area is 116 Å². The summed E-state index contributed by atoms with van der Waals surface area (Å²) in [7, 11) is 0. The molecular formula is C19H20. The molecule has 0 saturated heterocycles. The Kier molecular flexibility index (Phi) is 4.81. The molecule has 0 amide bonds. The highest BCUT2D eigenvalue weighted by Gasteiger charge is 1.98. The van der Waals surface area contributed by atoms with Crippen LogP contribution in [0.1, 0.15) is 37.3 Å². The van der Waals surface area contributed by atoms with Crippen LogP contribution in [0.15, 0.2) is 48.5 Å². The molecule has 0 aliphatic rings. The number of hydrogen-bond acceptors (Lipinski definition) is 0. The Morgan fingerprint density at radius 2 is 1.42 bits per heavy atom. The minimum atomic E-state index is 0.930. The van der Waals surface area contributed by atoms with E-state index in [1.807, 2.05) is 12.1 Å². The van der Waals surface area contributed by atoms with E-state index in [1.54, 1.807) is 0 Å². The van der Waals surface area contributed by atoms with Crippen molar-refractivity contribution in [3.8, 4) is 23.5 Å². The lowest BCUT2D eigenvalue weighted by Gasteiger charge is -2.05. The number of rotatable bonds is 5. The lowest BCUT2D eigenvalue weighted by Crippen LogP contribution is -1.86. The van der Waals surface area contributed by atoms with Crippen LogP contribution in [-0.2, 0) is 6.42 Å². The summed E-state index contributed by atoms with van der Waals surface area (Å²) >= 11 is 0. The molecule has 0 heteroatoms. The molecule has 0 aliphatic carbocycles. The molecule has 19 heavy (non-hydrogen) atoms. The van der Waals surface area contributed by atoms with Crippen LogP contribution < -0.4 is 0 Å². The van der Waals surface area contributed by atoms with Crippen molar-refractivity contribution >= 4 is 0 Å². The molecule has 0 N–H and O–H groups in total. The maximum absolute atomic E-state index is 5.37. The van der Waals surface area contributed by atoms with Gasteiger partial charge in [0, 0.05) is 5.56 Å². The molecule has 0 fully saturated rings. The first kappa shape index (κ1) is 13.4. The molecule has 2 rings (SSSR count). The lowest BCUT2D eigenvalue weighted by molar-refractivity contribution is 0.717. The van der Waals surface area contributed by atoms with Gasteiger partial charge in [0.2, 0.25) is 0 Å². The molecule has 0 saturated carbocycles. The van der Waals surface area contributed by atoms with E-state index in [0.29, 0.717) is 0 Å². The predicted molar refractivity (Wildman–Crippen MR) is 83.0 cm³/mol. The topological polar surface area (TPSA) is 0 Å². The fraction of sp³-hybridized carbons (Fsp3) is 0.263. The Hall–Kier alpha value is -2.00. The highest BCUT2D eigenvalue weighted by atomic mass is 14.0. The zero-order chi connectivity index (χ0) is 13.5. The van der Waals surface area contributed by atoms with Crippen molar-refractivity contribution in [3.05, 3.63) is 59.7 Å². The van der Waals surface area contributed by atoms with Crippen LogP contribution in [0.3, 0.4) is 0 Å². The molecule has 0 heterocycles.